The SMILES string of the molecule is Cc1cc(C)cc(N([C@@H](C)C(=O)Nc2ccccc2C(=O)NC(C)(C)C)S(C)(=O)=O)c1. The van der Waals surface area contributed by atoms with Gasteiger partial charge in [0.15, 0.2) is 0 Å². The zero-order valence-electron chi connectivity index (χ0n) is 19.1. The number of carbonyl (C=O) groups excluding carboxylic acids is 2. The number of hydrogen-bond acceptors (Lipinski definition) is 4. The first-order valence-electron chi connectivity index (χ1n) is 9.99. The van der Waals surface area contributed by atoms with Crippen LogP contribution in [0, 0.1) is 13.8 Å². The zero-order valence-corrected chi connectivity index (χ0v) is 19.9. The number of amides is 2. The molecule has 31 heavy (non-hydrogen) atoms. The summed E-state index contributed by atoms with van der Waals surface area (Å²) in [5.74, 6) is -0.870. The van der Waals surface area contributed by atoms with Crippen molar-refractivity contribution in [2.24, 2.45) is 0 Å². The molecule has 0 aliphatic heterocycles. The van der Waals surface area contributed by atoms with E-state index in [1.165, 1.54) is 6.92 Å². The van der Waals surface area contributed by atoms with Crippen LogP contribution in [0.15, 0.2) is 42.5 Å². The molecule has 0 aliphatic rings. The smallest absolute Gasteiger partial charge is 0.253 e. The minimum atomic E-state index is -3.75. The van der Waals surface area contributed by atoms with Crippen LogP contribution in [-0.4, -0.2) is 38.1 Å². The van der Waals surface area contributed by atoms with Crippen LogP contribution in [0.2, 0.25) is 0 Å². The lowest BCUT2D eigenvalue weighted by Gasteiger charge is -2.29. The summed E-state index contributed by atoms with van der Waals surface area (Å²) in [6.45, 7) is 10.8. The van der Waals surface area contributed by atoms with E-state index in [-0.39, 0.29) is 5.91 Å². The average molecular weight is 446 g/mol. The van der Waals surface area contributed by atoms with E-state index in [4.69, 9.17) is 0 Å². The average Bonchev–Trinajstić information content (AvgIpc) is 2.58. The molecule has 0 fully saturated rings. The monoisotopic (exact) mass is 445 g/mol. The van der Waals surface area contributed by atoms with Crippen LogP contribution in [0.25, 0.3) is 0 Å². The summed E-state index contributed by atoms with van der Waals surface area (Å²) in [5, 5.41) is 5.59. The number of nitrogens with zero attached hydrogens (tertiary/aromatic N) is 1. The first kappa shape index (κ1) is 24.4. The predicted octanol–water partition coefficient (Wildman–Crippen LogP) is 3.62. The lowest BCUT2D eigenvalue weighted by Crippen LogP contribution is -2.46. The van der Waals surface area contributed by atoms with Gasteiger partial charge in [-0.15, -0.1) is 0 Å². The molecule has 0 aromatic heterocycles. The Morgan fingerprint density at radius 1 is 1.00 bits per heavy atom. The quantitative estimate of drug-likeness (QED) is 0.710. The summed E-state index contributed by atoms with van der Waals surface area (Å²) < 4.78 is 26.2. The molecule has 1 atom stereocenters. The Balaban J connectivity index is 2.37. The molecule has 2 rings (SSSR count). The largest absolute Gasteiger partial charge is 0.347 e. The van der Waals surface area contributed by atoms with Gasteiger partial charge in [0.1, 0.15) is 6.04 Å². The normalized spacial score (nSPS) is 12.7. The van der Waals surface area contributed by atoms with Gasteiger partial charge in [-0.25, -0.2) is 8.42 Å². The second-order valence-corrected chi connectivity index (χ2v) is 10.7. The Morgan fingerprint density at radius 2 is 1.55 bits per heavy atom. The van der Waals surface area contributed by atoms with E-state index >= 15 is 0 Å². The number of hydrogen-bond donors (Lipinski definition) is 2. The number of benzene rings is 2. The summed E-state index contributed by atoms with van der Waals surface area (Å²) in [7, 11) is -3.75. The van der Waals surface area contributed by atoms with Gasteiger partial charge in [0.05, 0.1) is 23.2 Å². The van der Waals surface area contributed by atoms with E-state index < -0.39 is 27.5 Å². The number of anilines is 2. The van der Waals surface area contributed by atoms with Crippen molar-refractivity contribution in [3.63, 3.8) is 0 Å². The molecule has 2 aromatic rings. The molecule has 0 saturated carbocycles. The molecule has 0 aliphatic carbocycles. The fraction of sp³-hybridized carbons (Fsp3) is 0.391. The highest BCUT2D eigenvalue weighted by Crippen LogP contribution is 2.25. The zero-order chi connectivity index (χ0) is 23.6. The van der Waals surface area contributed by atoms with E-state index in [0.717, 1.165) is 21.7 Å². The van der Waals surface area contributed by atoms with Crippen LogP contribution in [-0.2, 0) is 14.8 Å². The third-order valence-electron chi connectivity index (χ3n) is 4.47. The van der Waals surface area contributed by atoms with Crippen LogP contribution >= 0.6 is 0 Å². The van der Waals surface area contributed by atoms with Gasteiger partial charge in [0, 0.05) is 5.54 Å². The van der Waals surface area contributed by atoms with Crippen LogP contribution in [0.3, 0.4) is 0 Å². The minimum Gasteiger partial charge on any atom is -0.347 e. The Hall–Kier alpha value is -2.87. The number of nitrogens with one attached hydrogen (secondary N) is 2. The number of carbonyl (C=O) groups is 2. The minimum absolute atomic E-state index is 0.301. The second-order valence-electron chi connectivity index (χ2n) is 8.82. The fourth-order valence-electron chi connectivity index (χ4n) is 3.32. The van der Waals surface area contributed by atoms with Gasteiger partial charge in [-0.1, -0.05) is 18.2 Å². The lowest BCUT2D eigenvalue weighted by atomic mass is 10.1. The van der Waals surface area contributed by atoms with Crippen molar-refractivity contribution >= 4 is 33.2 Å². The summed E-state index contributed by atoms with van der Waals surface area (Å²) in [5.41, 5.74) is 2.37. The van der Waals surface area contributed by atoms with Gasteiger partial charge in [0.25, 0.3) is 5.91 Å². The predicted molar refractivity (Wildman–Crippen MR) is 125 cm³/mol. The molecular weight excluding hydrogens is 414 g/mol. The maximum atomic E-state index is 13.1. The first-order chi connectivity index (χ1) is 14.2. The van der Waals surface area contributed by atoms with Gasteiger partial charge in [-0.2, -0.15) is 0 Å². The molecule has 168 valence electrons. The van der Waals surface area contributed by atoms with E-state index in [1.54, 1.807) is 36.4 Å². The number of para-hydroxylation sites is 1. The van der Waals surface area contributed by atoms with Crippen molar-refractivity contribution in [1.29, 1.82) is 0 Å². The summed E-state index contributed by atoms with van der Waals surface area (Å²) in [6.07, 6.45) is 1.07. The number of aryl methyl sites for hydroxylation is 2. The number of rotatable bonds is 6. The molecule has 0 unspecified atom stereocenters. The fourth-order valence-corrected chi connectivity index (χ4v) is 4.48. The van der Waals surface area contributed by atoms with Crippen molar-refractivity contribution < 1.29 is 18.0 Å². The molecule has 7 nitrogen and oxygen atoms in total. The van der Waals surface area contributed by atoms with E-state index in [1.807, 2.05) is 40.7 Å². The highest BCUT2D eigenvalue weighted by atomic mass is 32.2. The molecule has 8 heteroatoms. The lowest BCUT2D eigenvalue weighted by molar-refractivity contribution is -0.116. The van der Waals surface area contributed by atoms with E-state index in [0.29, 0.717) is 16.9 Å². The van der Waals surface area contributed by atoms with Gasteiger partial charge in [-0.3, -0.25) is 13.9 Å². The standard InChI is InChI=1S/C23H31N3O4S/c1-15-12-16(2)14-18(13-15)26(31(7,29)30)17(3)21(27)24-20-11-9-8-10-19(20)22(28)25-23(4,5)6/h8-14,17H,1-7H3,(H,24,27)(H,25,28)/t17-/m0/s1. The van der Waals surface area contributed by atoms with Gasteiger partial charge in [0.2, 0.25) is 15.9 Å². The summed E-state index contributed by atoms with van der Waals surface area (Å²) in [4.78, 5) is 25.7. The van der Waals surface area contributed by atoms with Gasteiger partial charge in [-0.05, 0) is 76.9 Å². The topological polar surface area (TPSA) is 95.6 Å². The summed E-state index contributed by atoms with van der Waals surface area (Å²) >= 11 is 0. The maximum absolute atomic E-state index is 13.1. The Kier molecular flexibility index (Phi) is 7.16. The Morgan fingerprint density at radius 3 is 2.06 bits per heavy atom. The highest BCUT2D eigenvalue weighted by Gasteiger charge is 2.30. The van der Waals surface area contributed by atoms with Crippen molar-refractivity contribution in [2.45, 2.75) is 53.1 Å². The van der Waals surface area contributed by atoms with Crippen molar-refractivity contribution in [3.8, 4) is 0 Å². The molecule has 2 amide bonds. The van der Waals surface area contributed by atoms with Crippen LogP contribution in [0.5, 0.6) is 0 Å². The van der Waals surface area contributed by atoms with Crippen molar-refractivity contribution in [2.75, 3.05) is 15.9 Å². The summed E-state index contributed by atoms with van der Waals surface area (Å²) in [6, 6.07) is 11.0. The molecule has 0 heterocycles. The van der Waals surface area contributed by atoms with Crippen LogP contribution in [0.1, 0.15) is 49.2 Å². The van der Waals surface area contributed by atoms with Gasteiger partial charge < -0.3 is 10.6 Å². The van der Waals surface area contributed by atoms with Crippen molar-refractivity contribution in [3.05, 3.63) is 59.2 Å². The van der Waals surface area contributed by atoms with E-state index in [9.17, 15) is 18.0 Å². The van der Waals surface area contributed by atoms with Gasteiger partial charge >= 0.3 is 0 Å². The number of sulfonamides is 1. The molecule has 0 saturated heterocycles. The first-order valence-corrected chi connectivity index (χ1v) is 11.8. The Bertz CT molecular complexity index is 1070. The molecule has 0 bridgehead atoms. The third-order valence-corrected chi connectivity index (χ3v) is 5.71. The second kappa shape index (κ2) is 9.09. The van der Waals surface area contributed by atoms with E-state index in [2.05, 4.69) is 10.6 Å². The maximum Gasteiger partial charge on any atom is 0.253 e. The molecular formula is C23H31N3O4S. The van der Waals surface area contributed by atoms with Crippen LogP contribution in [0.4, 0.5) is 11.4 Å². The highest BCUT2D eigenvalue weighted by molar-refractivity contribution is 7.92. The Labute approximate surface area is 184 Å². The molecule has 0 spiro atoms. The van der Waals surface area contributed by atoms with Crippen molar-refractivity contribution in [1.82, 2.24) is 5.32 Å². The molecule has 2 N–H and O–H groups in total. The third kappa shape index (κ3) is 6.55. The van der Waals surface area contributed by atoms with Crippen LogP contribution < -0.4 is 14.9 Å². The molecule has 0 radical (unpaired) electrons. The molecule has 2 aromatic carbocycles.